The lowest BCUT2D eigenvalue weighted by atomic mass is 9.94. The molecule has 0 aliphatic rings. The lowest BCUT2D eigenvalue weighted by Gasteiger charge is -2.17. The smallest absolute Gasteiger partial charge is 0.262 e. The van der Waals surface area contributed by atoms with Crippen LogP contribution in [0, 0.1) is 23.7 Å². The lowest BCUT2D eigenvalue weighted by molar-refractivity contribution is -0.121. The Bertz CT molecular complexity index is 995. The topological polar surface area (TPSA) is 99.1 Å². The Balaban J connectivity index is 2.36. The average molecular weight is 392 g/mol. The van der Waals surface area contributed by atoms with Gasteiger partial charge in [0, 0.05) is 5.69 Å². The number of para-hydroxylation sites is 1. The number of sulfonamides is 1. The summed E-state index contributed by atoms with van der Waals surface area (Å²) in [6.07, 6.45) is 0. The maximum absolute atomic E-state index is 12.7. The maximum Gasteiger partial charge on any atom is 0.262 e. The summed E-state index contributed by atoms with van der Waals surface area (Å²) in [5, 5.41) is 11.9. The number of nitriles is 1. The number of nitrogens with zero attached hydrogens (tertiary/aromatic N) is 1. The van der Waals surface area contributed by atoms with Gasteiger partial charge in [0.15, 0.2) is 0 Å². The van der Waals surface area contributed by atoms with Crippen molar-refractivity contribution in [2.75, 3.05) is 10.0 Å². The molecule has 2 N–H and O–H groups in total. The predicted molar refractivity (Wildman–Crippen MR) is 101 cm³/mol. The van der Waals surface area contributed by atoms with Gasteiger partial charge in [-0.05, 0) is 50.6 Å². The van der Waals surface area contributed by atoms with Crippen LogP contribution in [0.1, 0.15) is 19.4 Å². The summed E-state index contributed by atoms with van der Waals surface area (Å²) in [5.41, 5.74) is -0.195. The average Bonchev–Trinajstić information content (AvgIpc) is 2.58. The lowest BCUT2D eigenvalue weighted by Crippen LogP contribution is -2.29. The van der Waals surface area contributed by atoms with Crippen molar-refractivity contribution in [1.29, 1.82) is 5.26 Å². The van der Waals surface area contributed by atoms with Crippen LogP contribution in [0.2, 0.25) is 5.02 Å². The third-order valence-electron chi connectivity index (χ3n) is 3.70. The van der Waals surface area contributed by atoms with E-state index in [1.165, 1.54) is 19.9 Å². The molecule has 0 unspecified atom stereocenters. The molecule has 0 heterocycles. The number of hydrogen-bond acceptors (Lipinski definition) is 4. The zero-order valence-electron chi connectivity index (χ0n) is 14.5. The summed E-state index contributed by atoms with van der Waals surface area (Å²) in [6, 6.07) is 12.9. The zero-order chi connectivity index (χ0) is 19.5. The number of aryl methyl sites for hydroxylation is 1. The van der Waals surface area contributed by atoms with Gasteiger partial charge in [-0.15, -0.1) is 0 Å². The molecule has 26 heavy (non-hydrogen) atoms. The monoisotopic (exact) mass is 391 g/mol. The molecule has 0 atom stereocenters. The van der Waals surface area contributed by atoms with Gasteiger partial charge in [0.1, 0.15) is 5.41 Å². The standard InChI is InChI=1S/C18H18ClN3O3S/c1-12-8-9-13(21-17(23)18(2,3)11-20)10-16(12)26(24,25)22-15-7-5-4-6-14(15)19/h4-10,22H,1-3H3,(H,21,23). The molecule has 0 aliphatic heterocycles. The van der Waals surface area contributed by atoms with E-state index in [1.54, 1.807) is 43.3 Å². The number of rotatable bonds is 5. The SMILES string of the molecule is Cc1ccc(NC(=O)C(C)(C)C#N)cc1S(=O)(=O)Nc1ccccc1Cl. The molecule has 0 radical (unpaired) electrons. The summed E-state index contributed by atoms with van der Waals surface area (Å²) in [5.74, 6) is -0.522. The molecular weight excluding hydrogens is 374 g/mol. The second-order valence-electron chi connectivity index (χ2n) is 6.26. The summed E-state index contributed by atoms with van der Waals surface area (Å²) in [7, 11) is -3.92. The molecule has 6 nitrogen and oxygen atoms in total. The minimum Gasteiger partial charge on any atom is -0.325 e. The third-order valence-corrected chi connectivity index (χ3v) is 5.54. The van der Waals surface area contributed by atoms with Gasteiger partial charge >= 0.3 is 0 Å². The van der Waals surface area contributed by atoms with E-state index in [9.17, 15) is 13.2 Å². The Labute approximate surface area is 157 Å². The normalized spacial score (nSPS) is 11.5. The first-order valence-electron chi connectivity index (χ1n) is 7.67. The van der Waals surface area contributed by atoms with Crippen LogP contribution < -0.4 is 10.0 Å². The van der Waals surface area contributed by atoms with Gasteiger partial charge in [-0.1, -0.05) is 29.8 Å². The van der Waals surface area contributed by atoms with Crippen LogP contribution in [0.15, 0.2) is 47.4 Å². The van der Waals surface area contributed by atoms with Crippen molar-refractivity contribution in [2.45, 2.75) is 25.7 Å². The fourth-order valence-corrected chi connectivity index (χ4v) is 3.64. The first-order chi connectivity index (χ1) is 12.1. The Kier molecular flexibility index (Phi) is 5.59. The van der Waals surface area contributed by atoms with E-state index in [2.05, 4.69) is 10.0 Å². The van der Waals surface area contributed by atoms with E-state index >= 15 is 0 Å². The number of hydrogen-bond donors (Lipinski definition) is 2. The van der Waals surface area contributed by atoms with Crippen molar-refractivity contribution in [3.8, 4) is 6.07 Å². The third kappa shape index (κ3) is 4.34. The van der Waals surface area contributed by atoms with E-state index < -0.39 is 21.3 Å². The number of halogens is 1. The molecule has 0 spiro atoms. The van der Waals surface area contributed by atoms with E-state index in [1.807, 2.05) is 6.07 Å². The number of anilines is 2. The molecular formula is C18H18ClN3O3S. The van der Waals surface area contributed by atoms with Crippen molar-refractivity contribution in [3.05, 3.63) is 53.1 Å². The summed E-state index contributed by atoms with van der Waals surface area (Å²) in [6.45, 7) is 4.60. The van der Waals surface area contributed by atoms with Gasteiger partial charge < -0.3 is 5.32 Å². The zero-order valence-corrected chi connectivity index (χ0v) is 16.1. The number of carbonyl (C=O) groups is 1. The molecule has 0 aromatic heterocycles. The largest absolute Gasteiger partial charge is 0.325 e. The second kappa shape index (κ2) is 7.36. The number of amides is 1. The molecule has 0 aliphatic carbocycles. The van der Waals surface area contributed by atoms with Crippen molar-refractivity contribution in [3.63, 3.8) is 0 Å². The summed E-state index contributed by atoms with van der Waals surface area (Å²) >= 11 is 6.01. The van der Waals surface area contributed by atoms with Crippen molar-refractivity contribution >= 4 is 38.9 Å². The highest BCUT2D eigenvalue weighted by Gasteiger charge is 2.28. The first-order valence-corrected chi connectivity index (χ1v) is 9.53. The van der Waals surface area contributed by atoms with Gasteiger partial charge in [0.05, 0.1) is 21.7 Å². The van der Waals surface area contributed by atoms with Crippen molar-refractivity contribution in [1.82, 2.24) is 0 Å². The Morgan fingerprint density at radius 1 is 1.19 bits per heavy atom. The van der Waals surface area contributed by atoms with Crippen LogP contribution in [0.25, 0.3) is 0 Å². The molecule has 2 rings (SSSR count). The van der Waals surface area contributed by atoms with Crippen molar-refractivity contribution in [2.24, 2.45) is 5.41 Å². The molecule has 2 aromatic carbocycles. The molecule has 0 saturated carbocycles. The highest BCUT2D eigenvalue weighted by molar-refractivity contribution is 7.92. The number of benzene rings is 2. The molecule has 136 valence electrons. The van der Waals surface area contributed by atoms with Gasteiger partial charge in [-0.2, -0.15) is 5.26 Å². The van der Waals surface area contributed by atoms with E-state index in [4.69, 9.17) is 16.9 Å². The highest BCUT2D eigenvalue weighted by Crippen LogP contribution is 2.27. The number of carbonyl (C=O) groups excluding carboxylic acids is 1. The summed E-state index contributed by atoms with van der Waals surface area (Å²) < 4.78 is 27.9. The van der Waals surface area contributed by atoms with Gasteiger partial charge in [-0.3, -0.25) is 9.52 Å². The fourth-order valence-electron chi connectivity index (χ4n) is 2.05. The van der Waals surface area contributed by atoms with Crippen LogP contribution >= 0.6 is 11.6 Å². The highest BCUT2D eigenvalue weighted by atomic mass is 35.5. The molecule has 0 bridgehead atoms. The van der Waals surface area contributed by atoms with Crippen LogP contribution in [-0.4, -0.2) is 14.3 Å². The van der Waals surface area contributed by atoms with Crippen LogP contribution in [0.5, 0.6) is 0 Å². The predicted octanol–water partition coefficient (Wildman–Crippen LogP) is 3.94. The van der Waals surface area contributed by atoms with Crippen LogP contribution in [-0.2, 0) is 14.8 Å². The van der Waals surface area contributed by atoms with E-state index in [0.717, 1.165) is 0 Å². The number of nitrogens with one attached hydrogen (secondary N) is 2. The molecule has 0 fully saturated rings. The minimum atomic E-state index is -3.92. The van der Waals surface area contributed by atoms with Crippen LogP contribution in [0.4, 0.5) is 11.4 Å². The first kappa shape index (κ1) is 19.8. The fraction of sp³-hybridized carbons (Fsp3) is 0.222. The van der Waals surface area contributed by atoms with E-state index in [0.29, 0.717) is 5.56 Å². The molecule has 0 saturated heterocycles. The quantitative estimate of drug-likeness (QED) is 0.806. The summed E-state index contributed by atoms with van der Waals surface area (Å²) in [4.78, 5) is 12.1. The minimum absolute atomic E-state index is 0.00461. The second-order valence-corrected chi connectivity index (χ2v) is 8.31. The Hall–Kier alpha value is -2.56. The molecule has 1 amide bonds. The Morgan fingerprint density at radius 3 is 2.46 bits per heavy atom. The Morgan fingerprint density at radius 2 is 1.85 bits per heavy atom. The van der Waals surface area contributed by atoms with Gasteiger partial charge in [0.2, 0.25) is 5.91 Å². The van der Waals surface area contributed by atoms with Gasteiger partial charge in [0.25, 0.3) is 10.0 Å². The van der Waals surface area contributed by atoms with E-state index in [-0.39, 0.29) is 21.3 Å². The molecule has 2 aromatic rings. The molecule has 8 heteroatoms. The van der Waals surface area contributed by atoms with Gasteiger partial charge in [-0.25, -0.2) is 8.42 Å². The maximum atomic E-state index is 12.7. The van der Waals surface area contributed by atoms with Crippen molar-refractivity contribution < 1.29 is 13.2 Å². The van der Waals surface area contributed by atoms with Crippen LogP contribution in [0.3, 0.4) is 0 Å².